The first-order valence-corrected chi connectivity index (χ1v) is 7.67. The number of nitrogens with one attached hydrogen (secondary N) is 1. The van der Waals surface area contributed by atoms with Gasteiger partial charge in [0.2, 0.25) is 0 Å². The quantitative estimate of drug-likeness (QED) is 0.770. The maximum absolute atomic E-state index is 13.3. The van der Waals surface area contributed by atoms with Crippen molar-refractivity contribution in [1.29, 1.82) is 0 Å². The summed E-state index contributed by atoms with van der Waals surface area (Å²) >= 11 is 0. The Labute approximate surface area is 127 Å². The molecule has 21 heavy (non-hydrogen) atoms. The molecule has 0 aliphatic heterocycles. The SMILES string of the molecule is CCC(NCc1ccc(C(C)C)cc1)c1cccc(F)c1. The summed E-state index contributed by atoms with van der Waals surface area (Å²) < 4.78 is 13.3. The van der Waals surface area contributed by atoms with Crippen molar-refractivity contribution in [2.45, 2.75) is 45.7 Å². The van der Waals surface area contributed by atoms with Gasteiger partial charge in [0.05, 0.1) is 0 Å². The Bertz CT molecular complexity index is 560. The molecule has 0 heterocycles. The van der Waals surface area contributed by atoms with E-state index in [1.54, 1.807) is 12.1 Å². The van der Waals surface area contributed by atoms with E-state index < -0.39 is 0 Å². The third-order valence-corrected chi connectivity index (χ3v) is 3.86. The van der Waals surface area contributed by atoms with Crippen LogP contribution in [0.25, 0.3) is 0 Å². The van der Waals surface area contributed by atoms with E-state index in [9.17, 15) is 4.39 Å². The third kappa shape index (κ3) is 4.40. The molecular weight excluding hydrogens is 261 g/mol. The average molecular weight is 285 g/mol. The van der Waals surface area contributed by atoms with E-state index in [4.69, 9.17) is 0 Å². The van der Waals surface area contributed by atoms with Crippen LogP contribution in [-0.4, -0.2) is 0 Å². The molecule has 0 amide bonds. The van der Waals surface area contributed by atoms with Gasteiger partial charge in [0, 0.05) is 12.6 Å². The summed E-state index contributed by atoms with van der Waals surface area (Å²) in [6, 6.07) is 15.7. The van der Waals surface area contributed by atoms with Crippen molar-refractivity contribution < 1.29 is 4.39 Å². The maximum Gasteiger partial charge on any atom is 0.123 e. The van der Waals surface area contributed by atoms with Gasteiger partial charge in [-0.1, -0.05) is 57.2 Å². The second kappa shape index (κ2) is 7.37. The summed E-state index contributed by atoms with van der Waals surface area (Å²) in [5.41, 5.74) is 3.63. The Hall–Kier alpha value is -1.67. The Kier molecular flexibility index (Phi) is 5.51. The van der Waals surface area contributed by atoms with Gasteiger partial charge in [-0.15, -0.1) is 0 Å². The highest BCUT2D eigenvalue weighted by Gasteiger charge is 2.09. The predicted octanol–water partition coefficient (Wildman–Crippen LogP) is 5.19. The molecule has 1 unspecified atom stereocenters. The van der Waals surface area contributed by atoms with Crippen LogP contribution in [0.5, 0.6) is 0 Å². The largest absolute Gasteiger partial charge is 0.306 e. The van der Waals surface area contributed by atoms with E-state index in [1.807, 2.05) is 6.07 Å². The van der Waals surface area contributed by atoms with Crippen LogP contribution in [0.15, 0.2) is 48.5 Å². The first-order valence-electron chi connectivity index (χ1n) is 7.67. The molecule has 0 saturated heterocycles. The van der Waals surface area contributed by atoms with E-state index in [1.165, 1.54) is 17.2 Å². The van der Waals surface area contributed by atoms with Crippen molar-refractivity contribution >= 4 is 0 Å². The van der Waals surface area contributed by atoms with Gasteiger partial charge in [-0.2, -0.15) is 0 Å². The molecule has 1 atom stereocenters. The van der Waals surface area contributed by atoms with Crippen LogP contribution in [0, 0.1) is 5.82 Å². The van der Waals surface area contributed by atoms with Gasteiger partial charge >= 0.3 is 0 Å². The zero-order valence-corrected chi connectivity index (χ0v) is 13.1. The fraction of sp³-hybridized carbons (Fsp3) is 0.368. The van der Waals surface area contributed by atoms with Gasteiger partial charge in [-0.25, -0.2) is 4.39 Å². The predicted molar refractivity (Wildman–Crippen MR) is 86.8 cm³/mol. The maximum atomic E-state index is 13.3. The highest BCUT2D eigenvalue weighted by atomic mass is 19.1. The van der Waals surface area contributed by atoms with Crippen LogP contribution in [0.2, 0.25) is 0 Å². The topological polar surface area (TPSA) is 12.0 Å². The molecule has 0 aromatic heterocycles. The van der Waals surface area contributed by atoms with Gasteiger partial charge in [-0.3, -0.25) is 0 Å². The molecule has 0 radical (unpaired) electrons. The van der Waals surface area contributed by atoms with Crippen LogP contribution >= 0.6 is 0 Å². The smallest absolute Gasteiger partial charge is 0.123 e. The second-order valence-corrected chi connectivity index (χ2v) is 5.79. The summed E-state index contributed by atoms with van der Waals surface area (Å²) in [4.78, 5) is 0. The fourth-order valence-electron chi connectivity index (χ4n) is 2.48. The van der Waals surface area contributed by atoms with Gasteiger partial charge in [0.25, 0.3) is 0 Å². The number of rotatable bonds is 6. The number of hydrogen-bond donors (Lipinski definition) is 1. The molecule has 2 aromatic carbocycles. The zero-order chi connectivity index (χ0) is 15.2. The first-order chi connectivity index (χ1) is 10.1. The van der Waals surface area contributed by atoms with Gasteiger partial charge in [-0.05, 0) is 41.2 Å². The van der Waals surface area contributed by atoms with Crippen LogP contribution in [0.3, 0.4) is 0 Å². The highest BCUT2D eigenvalue weighted by Crippen LogP contribution is 2.19. The lowest BCUT2D eigenvalue weighted by molar-refractivity contribution is 0.514. The van der Waals surface area contributed by atoms with Crippen LogP contribution < -0.4 is 5.32 Å². The molecule has 2 heteroatoms. The normalized spacial score (nSPS) is 12.6. The van der Waals surface area contributed by atoms with Gasteiger partial charge in [0.15, 0.2) is 0 Å². The first kappa shape index (κ1) is 15.7. The van der Waals surface area contributed by atoms with E-state index in [0.29, 0.717) is 5.92 Å². The third-order valence-electron chi connectivity index (χ3n) is 3.86. The van der Waals surface area contributed by atoms with Crippen LogP contribution in [0.1, 0.15) is 55.8 Å². The molecule has 0 aliphatic carbocycles. The van der Waals surface area contributed by atoms with Gasteiger partial charge < -0.3 is 5.32 Å². The van der Waals surface area contributed by atoms with E-state index in [0.717, 1.165) is 18.5 Å². The number of hydrogen-bond acceptors (Lipinski definition) is 1. The Balaban J connectivity index is 2.00. The lowest BCUT2D eigenvalue weighted by Gasteiger charge is -2.18. The molecule has 112 valence electrons. The fourth-order valence-corrected chi connectivity index (χ4v) is 2.48. The molecule has 1 N–H and O–H groups in total. The molecule has 2 aromatic rings. The van der Waals surface area contributed by atoms with Crippen molar-refractivity contribution in [3.8, 4) is 0 Å². The Morgan fingerprint density at radius 2 is 1.71 bits per heavy atom. The van der Waals surface area contributed by atoms with Crippen molar-refractivity contribution in [3.63, 3.8) is 0 Å². The van der Waals surface area contributed by atoms with E-state index >= 15 is 0 Å². The molecule has 1 nitrogen and oxygen atoms in total. The lowest BCUT2D eigenvalue weighted by Crippen LogP contribution is -2.20. The van der Waals surface area contributed by atoms with Crippen molar-refractivity contribution in [1.82, 2.24) is 5.32 Å². The minimum atomic E-state index is -0.172. The van der Waals surface area contributed by atoms with Gasteiger partial charge in [0.1, 0.15) is 5.82 Å². The molecule has 0 aliphatic rings. The summed E-state index contributed by atoms with van der Waals surface area (Å²) in [6.07, 6.45) is 0.938. The second-order valence-electron chi connectivity index (χ2n) is 5.79. The summed E-state index contributed by atoms with van der Waals surface area (Å²) in [7, 11) is 0. The minimum absolute atomic E-state index is 0.172. The molecule has 2 rings (SSSR count). The number of benzene rings is 2. The minimum Gasteiger partial charge on any atom is -0.306 e. The van der Waals surface area contributed by atoms with Crippen molar-refractivity contribution in [2.75, 3.05) is 0 Å². The molecule has 0 fully saturated rings. The zero-order valence-electron chi connectivity index (χ0n) is 13.1. The Morgan fingerprint density at radius 3 is 2.29 bits per heavy atom. The molecular formula is C19H24FN. The number of halogens is 1. The Morgan fingerprint density at radius 1 is 1.00 bits per heavy atom. The molecule has 0 spiro atoms. The average Bonchev–Trinajstić information content (AvgIpc) is 2.48. The van der Waals surface area contributed by atoms with Crippen LogP contribution in [0.4, 0.5) is 4.39 Å². The monoisotopic (exact) mass is 285 g/mol. The summed E-state index contributed by atoms with van der Waals surface area (Å²) in [5, 5.41) is 3.51. The highest BCUT2D eigenvalue weighted by molar-refractivity contribution is 5.25. The van der Waals surface area contributed by atoms with Crippen molar-refractivity contribution in [2.24, 2.45) is 0 Å². The van der Waals surface area contributed by atoms with Crippen molar-refractivity contribution in [3.05, 3.63) is 71.0 Å². The standard InChI is InChI=1S/C19H24FN/c1-4-19(17-6-5-7-18(20)12-17)21-13-15-8-10-16(11-9-15)14(2)3/h5-12,14,19,21H,4,13H2,1-3H3. The van der Waals surface area contributed by atoms with Crippen LogP contribution in [-0.2, 0) is 6.54 Å². The van der Waals surface area contributed by atoms with E-state index in [-0.39, 0.29) is 11.9 Å². The summed E-state index contributed by atoms with van der Waals surface area (Å²) in [6.45, 7) is 7.31. The molecule has 0 saturated carbocycles. The summed E-state index contributed by atoms with van der Waals surface area (Å²) in [5.74, 6) is 0.386. The van der Waals surface area contributed by atoms with E-state index in [2.05, 4.69) is 50.4 Å². The molecule has 0 bridgehead atoms. The lowest BCUT2D eigenvalue weighted by atomic mass is 10.0.